The normalized spacial score (nSPS) is 9.73. The van der Waals surface area contributed by atoms with Gasteiger partial charge in [-0.15, -0.1) is 0 Å². The van der Waals surface area contributed by atoms with E-state index in [0.717, 1.165) is 16.7 Å². The standard InChI is InChI=1S/C11H13BrN2O/c1-14(3-4-15-2)11-6-9(8-13)5-10(12)7-11/h5-7H,3-4H2,1-2H3. The van der Waals surface area contributed by atoms with E-state index in [9.17, 15) is 0 Å². The quantitative estimate of drug-likeness (QED) is 0.842. The Morgan fingerprint density at radius 3 is 2.80 bits per heavy atom. The fraction of sp³-hybridized carbons (Fsp3) is 0.364. The molecule has 0 unspecified atom stereocenters. The van der Waals surface area contributed by atoms with Crippen LogP contribution in [-0.2, 0) is 4.74 Å². The lowest BCUT2D eigenvalue weighted by Gasteiger charge is -2.19. The Bertz CT molecular complexity index is 373. The number of nitriles is 1. The molecular formula is C11H13BrN2O. The van der Waals surface area contributed by atoms with Crippen molar-refractivity contribution in [1.82, 2.24) is 0 Å². The van der Waals surface area contributed by atoms with E-state index in [1.165, 1.54) is 0 Å². The monoisotopic (exact) mass is 268 g/mol. The maximum Gasteiger partial charge on any atom is 0.0992 e. The van der Waals surface area contributed by atoms with Crippen molar-refractivity contribution in [2.45, 2.75) is 0 Å². The van der Waals surface area contributed by atoms with Crippen LogP contribution in [0, 0.1) is 11.3 Å². The summed E-state index contributed by atoms with van der Waals surface area (Å²) in [6.45, 7) is 1.47. The molecule has 0 aliphatic heterocycles. The van der Waals surface area contributed by atoms with Crippen molar-refractivity contribution in [3.05, 3.63) is 28.2 Å². The second kappa shape index (κ2) is 5.74. The fourth-order valence-corrected chi connectivity index (χ4v) is 1.70. The highest BCUT2D eigenvalue weighted by molar-refractivity contribution is 9.10. The molecule has 0 aliphatic carbocycles. The van der Waals surface area contributed by atoms with E-state index in [-0.39, 0.29) is 0 Å². The number of hydrogen-bond acceptors (Lipinski definition) is 3. The summed E-state index contributed by atoms with van der Waals surface area (Å²) in [6, 6.07) is 7.77. The van der Waals surface area contributed by atoms with Crippen molar-refractivity contribution in [2.24, 2.45) is 0 Å². The molecule has 0 aromatic heterocycles. The smallest absolute Gasteiger partial charge is 0.0992 e. The van der Waals surface area contributed by atoms with E-state index in [0.29, 0.717) is 12.2 Å². The Labute approximate surface area is 98.4 Å². The summed E-state index contributed by atoms with van der Waals surface area (Å²) >= 11 is 3.38. The van der Waals surface area contributed by atoms with Gasteiger partial charge in [-0.1, -0.05) is 15.9 Å². The summed E-state index contributed by atoms with van der Waals surface area (Å²) < 4.78 is 5.92. The molecule has 1 aromatic rings. The molecule has 0 heterocycles. The van der Waals surface area contributed by atoms with Gasteiger partial charge in [-0.3, -0.25) is 0 Å². The van der Waals surface area contributed by atoms with Gasteiger partial charge in [0.2, 0.25) is 0 Å². The minimum atomic E-state index is 0.656. The van der Waals surface area contributed by atoms with Crippen molar-refractivity contribution in [1.29, 1.82) is 5.26 Å². The molecule has 0 N–H and O–H groups in total. The predicted molar refractivity (Wildman–Crippen MR) is 64.0 cm³/mol. The summed E-state index contributed by atoms with van der Waals surface area (Å²) in [5.41, 5.74) is 1.67. The topological polar surface area (TPSA) is 36.3 Å². The molecule has 0 amide bonds. The first kappa shape index (κ1) is 12.0. The summed E-state index contributed by atoms with van der Waals surface area (Å²) in [4.78, 5) is 2.05. The molecule has 1 aromatic carbocycles. The van der Waals surface area contributed by atoms with Crippen LogP contribution in [-0.4, -0.2) is 27.3 Å². The van der Waals surface area contributed by atoms with Crippen molar-refractivity contribution in [2.75, 3.05) is 32.2 Å². The van der Waals surface area contributed by atoms with E-state index in [2.05, 4.69) is 26.9 Å². The average molecular weight is 269 g/mol. The van der Waals surface area contributed by atoms with Crippen molar-refractivity contribution in [3.63, 3.8) is 0 Å². The van der Waals surface area contributed by atoms with Crippen LogP contribution in [0.25, 0.3) is 0 Å². The Hall–Kier alpha value is -1.05. The van der Waals surface area contributed by atoms with Crippen molar-refractivity contribution < 1.29 is 4.74 Å². The Kier molecular flexibility index (Phi) is 4.60. The molecule has 0 bridgehead atoms. The lowest BCUT2D eigenvalue weighted by Crippen LogP contribution is -2.22. The average Bonchev–Trinajstić information content (AvgIpc) is 2.24. The SMILES string of the molecule is COCCN(C)c1cc(Br)cc(C#N)c1. The third kappa shape index (κ3) is 3.54. The van der Waals surface area contributed by atoms with Gasteiger partial charge in [-0.25, -0.2) is 0 Å². The molecule has 0 fully saturated rings. The highest BCUT2D eigenvalue weighted by atomic mass is 79.9. The van der Waals surface area contributed by atoms with E-state index >= 15 is 0 Å². The van der Waals surface area contributed by atoms with Gasteiger partial charge >= 0.3 is 0 Å². The number of halogens is 1. The predicted octanol–water partition coefficient (Wildman–Crippen LogP) is 2.40. The van der Waals surface area contributed by atoms with Gasteiger partial charge in [0.25, 0.3) is 0 Å². The summed E-state index contributed by atoms with van der Waals surface area (Å²) in [7, 11) is 3.65. The minimum Gasteiger partial charge on any atom is -0.383 e. The lowest BCUT2D eigenvalue weighted by molar-refractivity contribution is 0.206. The first-order valence-corrected chi connectivity index (χ1v) is 5.37. The van der Waals surface area contributed by atoms with Gasteiger partial charge in [0.15, 0.2) is 0 Å². The second-order valence-electron chi connectivity index (χ2n) is 3.22. The molecule has 0 aliphatic rings. The molecule has 3 nitrogen and oxygen atoms in total. The van der Waals surface area contributed by atoms with E-state index in [1.54, 1.807) is 13.2 Å². The van der Waals surface area contributed by atoms with Crippen LogP contribution in [0.1, 0.15) is 5.56 Å². The van der Waals surface area contributed by atoms with E-state index in [1.807, 2.05) is 19.2 Å². The molecular weight excluding hydrogens is 256 g/mol. The molecule has 0 atom stereocenters. The molecule has 1 rings (SSSR count). The van der Waals surface area contributed by atoms with Gasteiger partial charge in [-0.05, 0) is 18.2 Å². The number of methoxy groups -OCH3 is 1. The zero-order valence-corrected chi connectivity index (χ0v) is 10.4. The zero-order valence-electron chi connectivity index (χ0n) is 8.83. The number of nitrogens with zero attached hydrogens (tertiary/aromatic N) is 2. The van der Waals surface area contributed by atoms with Gasteiger partial charge in [0, 0.05) is 30.9 Å². The van der Waals surface area contributed by atoms with Gasteiger partial charge in [0.1, 0.15) is 0 Å². The van der Waals surface area contributed by atoms with Crippen LogP contribution in [0.15, 0.2) is 22.7 Å². The van der Waals surface area contributed by atoms with Gasteiger partial charge < -0.3 is 9.64 Å². The maximum absolute atomic E-state index is 8.83. The number of likely N-dealkylation sites (N-methyl/N-ethyl adjacent to an activating group) is 1. The number of benzene rings is 1. The molecule has 15 heavy (non-hydrogen) atoms. The van der Waals surface area contributed by atoms with E-state index in [4.69, 9.17) is 10.00 Å². The Morgan fingerprint density at radius 1 is 1.47 bits per heavy atom. The van der Waals surface area contributed by atoms with E-state index < -0.39 is 0 Å². The number of ether oxygens (including phenoxy) is 1. The summed E-state index contributed by atoms with van der Waals surface area (Å²) in [5.74, 6) is 0. The largest absolute Gasteiger partial charge is 0.383 e. The number of rotatable bonds is 4. The molecule has 0 saturated heterocycles. The third-order valence-corrected chi connectivity index (χ3v) is 2.54. The lowest BCUT2D eigenvalue weighted by atomic mass is 10.2. The highest BCUT2D eigenvalue weighted by Gasteiger charge is 2.03. The molecule has 0 spiro atoms. The second-order valence-corrected chi connectivity index (χ2v) is 4.14. The highest BCUT2D eigenvalue weighted by Crippen LogP contribution is 2.21. The minimum absolute atomic E-state index is 0.656. The molecule has 0 saturated carbocycles. The van der Waals surface area contributed by atoms with Crippen LogP contribution in [0.2, 0.25) is 0 Å². The van der Waals surface area contributed by atoms with Crippen molar-refractivity contribution >= 4 is 21.6 Å². The van der Waals surface area contributed by atoms with Crippen LogP contribution >= 0.6 is 15.9 Å². The fourth-order valence-electron chi connectivity index (χ4n) is 1.22. The zero-order chi connectivity index (χ0) is 11.3. The summed E-state index contributed by atoms with van der Waals surface area (Å²) in [5, 5.41) is 8.83. The third-order valence-electron chi connectivity index (χ3n) is 2.08. The van der Waals surface area contributed by atoms with Crippen LogP contribution < -0.4 is 4.90 Å². The molecule has 80 valence electrons. The van der Waals surface area contributed by atoms with Crippen molar-refractivity contribution in [3.8, 4) is 6.07 Å². The maximum atomic E-state index is 8.83. The number of anilines is 1. The van der Waals surface area contributed by atoms with Gasteiger partial charge in [0.05, 0.1) is 18.2 Å². The number of hydrogen-bond donors (Lipinski definition) is 0. The first-order valence-electron chi connectivity index (χ1n) is 4.58. The Balaban J connectivity index is 2.84. The van der Waals surface area contributed by atoms with Crippen LogP contribution in [0.4, 0.5) is 5.69 Å². The van der Waals surface area contributed by atoms with Crippen LogP contribution in [0.3, 0.4) is 0 Å². The van der Waals surface area contributed by atoms with Crippen LogP contribution in [0.5, 0.6) is 0 Å². The van der Waals surface area contributed by atoms with Gasteiger partial charge in [-0.2, -0.15) is 5.26 Å². The molecule has 0 radical (unpaired) electrons. The first-order chi connectivity index (χ1) is 7.17. The summed E-state index contributed by atoms with van der Waals surface area (Å²) in [6.07, 6.45) is 0. The molecule has 4 heteroatoms. The Morgan fingerprint density at radius 2 is 2.20 bits per heavy atom.